The second-order valence-electron chi connectivity index (χ2n) is 3.83. The lowest BCUT2D eigenvalue weighted by atomic mass is 10.0. The van der Waals surface area contributed by atoms with Crippen LogP contribution in [-0.2, 0) is 0 Å². The van der Waals surface area contributed by atoms with Gasteiger partial charge in [-0.2, -0.15) is 0 Å². The average molecular weight is 234 g/mol. The maximum atomic E-state index is 13.8. The van der Waals surface area contributed by atoms with E-state index in [4.69, 9.17) is 4.74 Å². The molecule has 0 aliphatic heterocycles. The summed E-state index contributed by atoms with van der Waals surface area (Å²) in [5.41, 5.74) is 1.54. The minimum Gasteiger partial charge on any atom is -0.497 e. The number of ether oxygens (including phenoxy) is 1. The summed E-state index contributed by atoms with van der Waals surface area (Å²) in [4.78, 5) is 0. The molecule has 2 rings (SSSR count). The molecule has 88 valence electrons. The topological polar surface area (TPSA) is 9.23 Å². The van der Waals surface area contributed by atoms with Crippen molar-refractivity contribution in [1.82, 2.24) is 0 Å². The SMILES string of the molecule is COc1cc(F)c(-c2ccc(C)cc2)c(F)c1. The highest BCUT2D eigenvalue weighted by atomic mass is 19.1. The Bertz CT molecular complexity index is 509. The maximum absolute atomic E-state index is 13.8. The lowest BCUT2D eigenvalue weighted by Gasteiger charge is -2.08. The molecule has 0 aliphatic carbocycles. The van der Waals surface area contributed by atoms with Crippen LogP contribution in [0, 0.1) is 18.6 Å². The van der Waals surface area contributed by atoms with Crippen molar-refractivity contribution in [2.45, 2.75) is 6.92 Å². The molecular formula is C14H12F2O. The molecule has 0 radical (unpaired) electrons. The van der Waals surface area contributed by atoms with E-state index in [0.717, 1.165) is 5.56 Å². The molecule has 2 aromatic carbocycles. The van der Waals surface area contributed by atoms with E-state index in [0.29, 0.717) is 5.56 Å². The number of methoxy groups -OCH3 is 1. The monoisotopic (exact) mass is 234 g/mol. The largest absolute Gasteiger partial charge is 0.497 e. The van der Waals surface area contributed by atoms with Crippen LogP contribution >= 0.6 is 0 Å². The van der Waals surface area contributed by atoms with Gasteiger partial charge in [0.05, 0.1) is 12.7 Å². The van der Waals surface area contributed by atoms with Crippen molar-refractivity contribution in [2.24, 2.45) is 0 Å². The summed E-state index contributed by atoms with van der Waals surface area (Å²) in [6, 6.07) is 9.39. The zero-order chi connectivity index (χ0) is 12.4. The molecule has 1 nitrogen and oxygen atoms in total. The van der Waals surface area contributed by atoms with Gasteiger partial charge < -0.3 is 4.74 Å². The second kappa shape index (κ2) is 4.53. The normalized spacial score (nSPS) is 10.4. The molecule has 0 fully saturated rings. The molecule has 0 saturated heterocycles. The van der Waals surface area contributed by atoms with Crippen molar-refractivity contribution in [1.29, 1.82) is 0 Å². The van der Waals surface area contributed by atoms with E-state index in [-0.39, 0.29) is 11.3 Å². The summed E-state index contributed by atoms with van der Waals surface area (Å²) in [6.07, 6.45) is 0. The quantitative estimate of drug-likeness (QED) is 0.764. The van der Waals surface area contributed by atoms with Gasteiger partial charge in [-0.1, -0.05) is 29.8 Å². The molecule has 0 bridgehead atoms. The van der Waals surface area contributed by atoms with Gasteiger partial charge in [-0.15, -0.1) is 0 Å². The third-order valence-electron chi connectivity index (χ3n) is 2.59. The van der Waals surface area contributed by atoms with Gasteiger partial charge in [0, 0.05) is 12.1 Å². The van der Waals surface area contributed by atoms with E-state index in [1.54, 1.807) is 12.1 Å². The summed E-state index contributed by atoms with van der Waals surface area (Å²) in [6.45, 7) is 1.92. The summed E-state index contributed by atoms with van der Waals surface area (Å²) in [7, 11) is 1.37. The Morgan fingerprint density at radius 1 is 0.941 bits per heavy atom. The molecule has 0 saturated carbocycles. The van der Waals surface area contributed by atoms with E-state index in [2.05, 4.69) is 0 Å². The van der Waals surface area contributed by atoms with Gasteiger partial charge >= 0.3 is 0 Å². The Labute approximate surface area is 98.7 Å². The highest BCUT2D eigenvalue weighted by molar-refractivity contribution is 5.66. The molecule has 0 N–H and O–H groups in total. The summed E-state index contributed by atoms with van der Waals surface area (Å²) >= 11 is 0. The minimum absolute atomic E-state index is 0.0224. The van der Waals surface area contributed by atoms with Crippen molar-refractivity contribution in [2.75, 3.05) is 7.11 Å². The molecule has 0 aromatic heterocycles. The first-order valence-electron chi connectivity index (χ1n) is 5.22. The van der Waals surface area contributed by atoms with E-state index in [1.165, 1.54) is 19.2 Å². The number of aryl methyl sites for hydroxylation is 1. The molecule has 2 aromatic rings. The zero-order valence-corrected chi connectivity index (χ0v) is 9.63. The van der Waals surface area contributed by atoms with Gasteiger partial charge in [-0.3, -0.25) is 0 Å². The number of hydrogen-bond donors (Lipinski definition) is 0. The van der Waals surface area contributed by atoms with Crippen LogP contribution in [0.15, 0.2) is 36.4 Å². The van der Waals surface area contributed by atoms with E-state index in [9.17, 15) is 8.78 Å². The van der Waals surface area contributed by atoms with Crippen molar-refractivity contribution in [3.63, 3.8) is 0 Å². The minimum atomic E-state index is -0.620. The van der Waals surface area contributed by atoms with E-state index >= 15 is 0 Å². The fraction of sp³-hybridized carbons (Fsp3) is 0.143. The first kappa shape index (κ1) is 11.6. The highest BCUT2D eigenvalue weighted by Gasteiger charge is 2.13. The fourth-order valence-corrected chi connectivity index (χ4v) is 1.66. The Morgan fingerprint density at radius 2 is 1.47 bits per heavy atom. The van der Waals surface area contributed by atoms with Crippen LogP contribution in [0.25, 0.3) is 11.1 Å². The molecule has 0 aliphatic rings. The first-order chi connectivity index (χ1) is 8.11. The smallest absolute Gasteiger partial charge is 0.137 e. The molecular weight excluding hydrogens is 222 g/mol. The Hall–Kier alpha value is -1.90. The van der Waals surface area contributed by atoms with Crippen molar-refractivity contribution >= 4 is 0 Å². The Kier molecular flexibility index (Phi) is 3.09. The van der Waals surface area contributed by atoms with Crippen molar-refractivity contribution in [3.05, 3.63) is 53.6 Å². The number of halogens is 2. The molecule has 3 heteroatoms. The highest BCUT2D eigenvalue weighted by Crippen LogP contribution is 2.29. The van der Waals surface area contributed by atoms with Gasteiger partial charge in [0.2, 0.25) is 0 Å². The van der Waals surface area contributed by atoms with Gasteiger partial charge in [0.25, 0.3) is 0 Å². The van der Waals surface area contributed by atoms with Crippen molar-refractivity contribution in [3.8, 4) is 16.9 Å². The van der Waals surface area contributed by atoms with Crippen LogP contribution in [0.4, 0.5) is 8.78 Å². The van der Waals surface area contributed by atoms with Crippen molar-refractivity contribution < 1.29 is 13.5 Å². The number of rotatable bonds is 2. The van der Waals surface area contributed by atoms with Crippen LogP contribution in [0.1, 0.15) is 5.56 Å². The van der Waals surface area contributed by atoms with Crippen LogP contribution in [0.5, 0.6) is 5.75 Å². The molecule has 0 atom stereocenters. The van der Waals surface area contributed by atoms with Gasteiger partial charge in [-0.05, 0) is 12.5 Å². The maximum Gasteiger partial charge on any atom is 0.137 e. The predicted molar refractivity (Wildman–Crippen MR) is 63.1 cm³/mol. The molecule has 0 heterocycles. The first-order valence-corrected chi connectivity index (χ1v) is 5.22. The van der Waals surface area contributed by atoms with Gasteiger partial charge in [0.15, 0.2) is 0 Å². The van der Waals surface area contributed by atoms with E-state index < -0.39 is 11.6 Å². The standard InChI is InChI=1S/C14H12F2O/c1-9-3-5-10(6-4-9)14-12(15)7-11(17-2)8-13(14)16/h3-8H,1-2H3. The third-order valence-corrected chi connectivity index (χ3v) is 2.59. The summed E-state index contributed by atoms with van der Waals surface area (Å²) < 4.78 is 32.3. The lowest BCUT2D eigenvalue weighted by Crippen LogP contribution is -1.93. The third kappa shape index (κ3) is 2.28. The summed E-state index contributed by atoms with van der Waals surface area (Å²) in [5.74, 6) is -1.06. The fourth-order valence-electron chi connectivity index (χ4n) is 1.66. The summed E-state index contributed by atoms with van der Waals surface area (Å²) in [5, 5.41) is 0. The lowest BCUT2D eigenvalue weighted by molar-refractivity contribution is 0.407. The molecule has 0 amide bonds. The molecule has 0 spiro atoms. The predicted octanol–water partition coefficient (Wildman–Crippen LogP) is 3.95. The van der Waals surface area contributed by atoms with Crippen LogP contribution in [-0.4, -0.2) is 7.11 Å². The number of benzene rings is 2. The Morgan fingerprint density at radius 3 is 1.94 bits per heavy atom. The van der Waals surface area contributed by atoms with Gasteiger partial charge in [0.1, 0.15) is 17.4 Å². The average Bonchev–Trinajstić information content (AvgIpc) is 2.30. The Balaban J connectivity index is 2.55. The number of hydrogen-bond acceptors (Lipinski definition) is 1. The second-order valence-corrected chi connectivity index (χ2v) is 3.83. The van der Waals surface area contributed by atoms with Crippen LogP contribution in [0.2, 0.25) is 0 Å². The molecule has 17 heavy (non-hydrogen) atoms. The van der Waals surface area contributed by atoms with E-state index in [1.807, 2.05) is 19.1 Å². The van der Waals surface area contributed by atoms with Gasteiger partial charge in [-0.25, -0.2) is 8.78 Å². The van der Waals surface area contributed by atoms with Crippen LogP contribution in [0.3, 0.4) is 0 Å². The zero-order valence-electron chi connectivity index (χ0n) is 9.63. The van der Waals surface area contributed by atoms with Crippen LogP contribution < -0.4 is 4.74 Å². The molecule has 0 unspecified atom stereocenters.